The molecule has 0 N–H and O–H groups in total. The first-order valence-corrected chi connectivity index (χ1v) is 10.7. The lowest BCUT2D eigenvalue weighted by atomic mass is 9.53. The monoisotopic (exact) mass is 321 g/mol. The maximum atomic E-state index is 3.00. The average Bonchev–Trinajstić information content (AvgIpc) is 2.60. The molecular weight excluding hydrogens is 290 g/mol. The second kappa shape index (κ2) is 5.34. The standard InChI is InChI=1S/C23H31N/c1-2-4-21-17(3-1)5-6-18-14-24(8-7-22(18)21)23-19-10-15-9-16(12-19)13-20(23)11-15/h1-4,15-16,18-20,22-23H,5-14H2. The Morgan fingerprint density at radius 3 is 2.33 bits per heavy atom. The molecule has 1 saturated heterocycles. The van der Waals surface area contributed by atoms with Crippen molar-refractivity contribution in [3.63, 3.8) is 0 Å². The van der Waals surface area contributed by atoms with E-state index in [2.05, 4.69) is 29.2 Å². The van der Waals surface area contributed by atoms with Crippen LogP contribution in [0.15, 0.2) is 24.3 Å². The fourth-order valence-corrected chi connectivity index (χ4v) is 7.99. The Labute approximate surface area is 146 Å². The summed E-state index contributed by atoms with van der Waals surface area (Å²) in [6.07, 6.45) is 12.1. The van der Waals surface area contributed by atoms with Crippen molar-refractivity contribution in [2.24, 2.45) is 29.6 Å². The Hall–Kier alpha value is -0.820. The lowest BCUT2D eigenvalue weighted by Gasteiger charge is -2.59. The van der Waals surface area contributed by atoms with Crippen molar-refractivity contribution in [1.82, 2.24) is 4.90 Å². The molecule has 6 aliphatic rings. The van der Waals surface area contributed by atoms with Gasteiger partial charge in [-0.05, 0) is 105 Å². The van der Waals surface area contributed by atoms with E-state index in [0.29, 0.717) is 0 Å². The number of hydrogen-bond donors (Lipinski definition) is 0. The zero-order valence-electron chi connectivity index (χ0n) is 14.9. The molecule has 4 saturated carbocycles. The van der Waals surface area contributed by atoms with Crippen molar-refractivity contribution in [3.8, 4) is 0 Å². The maximum absolute atomic E-state index is 3.00. The van der Waals surface area contributed by atoms with Crippen LogP contribution in [0.2, 0.25) is 0 Å². The van der Waals surface area contributed by atoms with Gasteiger partial charge in [0.15, 0.2) is 0 Å². The number of likely N-dealkylation sites (tertiary alicyclic amines) is 1. The van der Waals surface area contributed by atoms with Gasteiger partial charge in [0.1, 0.15) is 0 Å². The van der Waals surface area contributed by atoms with Crippen LogP contribution < -0.4 is 0 Å². The second-order valence-corrected chi connectivity index (χ2v) is 9.81. The number of rotatable bonds is 1. The van der Waals surface area contributed by atoms with E-state index < -0.39 is 0 Å². The van der Waals surface area contributed by atoms with Gasteiger partial charge in [0.05, 0.1) is 0 Å². The van der Waals surface area contributed by atoms with Gasteiger partial charge < -0.3 is 0 Å². The van der Waals surface area contributed by atoms with Gasteiger partial charge in [0.25, 0.3) is 0 Å². The summed E-state index contributed by atoms with van der Waals surface area (Å²) in [6, 6.07) is 10.3. The zero-order valence-corrected chi connectivity index (χ0v) is 14.9. The van der Waals surface area contributed by atoms with Crippen LogP contribution in [0.5, 0.6) is 0 Å². The normalized spacial score (nSPS) is 46.6. The van der Waals surface area contributed by atoms with E-state index in [1.165, 1.54) is 32.4 Å². The van der Waals surface area contributed by atoms with Gasteiger partial charge in [0, 0.05) is 12.6 Å². The molecule has 1 aromatic carbocycles. The maximum Gasteiger partial charge on any atom is 0.0152 e. The van der Waals surface area contributed by atoms with E-state index in [4.69, 9.17) is 0 Å². The molecule has 0 aromatic heterocycles. The fraction of sp³-hybridized carbons (Fsp3) is 0.739. The van der Waals surface area contributed by atoms with Crippen LogP contribution >= 0.6 is 0 Å². The molecule has 1 aromatic rings. The Kier molecular flexibility index (Phi) is 3.19. The SMILES string of the molecule is c1ccc2c(c1)CCC1CN(C3C4CC5CC(C4)CC3C5)CCC21. The molecule has 2 unspecified atom stereocenters. The molecule has 0 radical (unpaired) electrons. The largest absolute Gasteiger partial charge is 0.300 e. The molecule has 128 valence electrons. The average molecular weight is 322 g/mol. The highest BCUT2D eigenvalue weighted by Crippen LogP contribution is 2.56. The summed E-state index contributed by atoms with van der Waals surface area (Å²) < 4.78 is 0. The van der Waals surface area contributed by atoms with Gasteiger partial charge in [-0.25, -0.2) is 0 Å². The van der Waals surface area contributed by atoms with Gasteiger partial charge in [-0.2, -0.15) is 0 Å². The molecule has 1 nitrogen and oxygen atoms in total. The van der Waals surface area contributed by atoms with Crippen molar-refractivity contribution >= 4 is 0 Å². The van der Waals surface area contributed by atoms with E-state index in [1.807, 2.05) is 0 Å². The highest BCUT2D eigenvalue weighted by Gasteiger charge is 2.51. The highest BCUT2D eigenvalue weighted by atomic mass is 15.2. The van der Waals surface area contributed by atoms with Crippen LogP contribution in [-0.4, -0.2) is 24.0 Å². The van der Waals surface area contributed by atoms with Gasteiger partial charge in [-0.3, -0.25) is 4.90 Å². The minimum Gasteiger partial charge on any atom is -0.300 e. The van der Waals surface area contributed by atoms with Crippen LogP contribution in [0, 0.1) is 29.6 Å². The highest BCUT2D eigenvalue weighted by molar-refractivity contribution is 5.34. The molecule has 24 heavy (non-hydrogen) atoms. The van der Waals surface area contributed by atoms with Gasteiger partial charge in [-0.1, -0.05) is 24.3 Å². The van der Waals surface area contributed by atoms with E-state index in [-0.39, 0.29) is 0 Å². The fourth-order valence-electron chi connectivity index (χ4n) is 7.99. The number of benzene rings is 1. The summed E-state index contributed by atoms with van der Waals surface area (Å²) in [5.41, 5.74) is 3.36. The van der Waals surface area contributed by atoms with Gasteiger partial charge in [-0.15, -0.1) is 0 Å². The van der Waals surface area contributed by atoms with Crippen LogP contribution in [0.25, 0.3) is 0 Å². The van der Waals surface area contributed by atoms with Crippen molar-refractivity contribution in [2.45, 2.75) is 63.3 Å². The Morgan fingerprint density at radius 2 is 1.54 bits per heavy atom. The first kappa shape index (κ1) is 14.4. The van der Waals surface area contributed by atoms with E-state index >= 15 is 0 Å². The number of nitrogens with zero attached hydrogens (tertiary/aromatic N) is 1. The Balaban J connectivity index is 1.23. The minimum atomic E-state index is 0.864. The molecule has 5 fully saturated rings. The zero-order chi connectivity index (χ0) is 15.7. The first-order chi connectivity index (χ1) is 11.8. The number of piperidine rings is 1. The van der Waals surface area contributed by atoms with Gasteiger partial charge in [0.2, 0.25) is 0 Å². The topological polar surface area (TPSA) is 3.24 Å². The molecule has 7 rings (SSSR count). The van der Waals surface area contributed by atoms with Crippen molar-refractivity contribution in [3.05, 3.63) is 35.4 Å². The van der Waals surface area contributed by atoms with Crippen molar-refractivity contribution < 1.29 is 0 Å². The minimum absolute atomic E-state index is 0.864. The van der Waals surface area contributed by atoms with E-state index in [9.17, 15) is 0 Å². The summed E-state index contributed by atoms with van der Waals surface area (Å²) in [5, 5.41) is 0. The smallest absolute Gasteiger partial charge is 0.0152 e. The lowest BCUT2D eigenvalue weighted by molar-refractivity contribution is -0.0789. The third-order valence-electron chi connectivity index (χ3n) is 8.60. The van der Waals surface area contributed by atoms with E-state index in [1.54, 1.807) is 43.2 Å². The molecule has 1 heterocycles. The molecule has 5 aliphatic carbocycles. The quantitative estimate of drug-likeness (QED) is 0.714. The van der Waals surface area contributed by atoms with Gasteiger partial charge >= 0.3 is 0 Å². The van der Waals surface area contributed by atoms with Crippen molar-refractivity contribution in [2.75, 3.05) is 13.1 Å². The van der Waals surface area contributed by atoms with Crippen molar-refractivity contribution in [1.29, 1.82) is 0 Å². The number of hydrogen-bond acceptors (Lipinski definition) is 1. The van der Waals surface area contributed by atoms with Crippen LogP contribution in [0.3, 0.4) is 0 Å². The molecule has 2 atom stereocenters. The number of fused-ring (bicyclic) bond motifs is 3. The predicted octanol–water partition coefficient (Wildman–Crippen LogP) is 4.86. The van der Waals surface area contributed by atoms with E-state index in [0.717, 1.165) is 41.5 Å². The molecule has 1 heteroatoms. The molecular formula is C23H31N. The van der Waals surface area contributed by atoms with Crippen LogP contribution in [0.4, 0.5) is 0 Å². The summed E-state index contributed by atoms with van der Waals surface area (Å²) in [4.78, 5) is 3.00. The number of aryl methyl sites for hydroxylation is 1. The lowest BCUT2D eigenvalue weighted by Crippen LogP contribution is -2.58. The second-order valence-electron chi connectivity index (χ2n) is 9.81. The summed E-state index contributed by atoms with van der Waals surface area (Å²) in [6.45, 7) is 2.79. The predicted molar refractivity (Wildman–Crippen MR) is 98.0 cm³/mol. The first-order valence-electron chi connectivity index (χ1n) is 10.7. The molecule has 1 aliphatic heterocycles. The molecule has 4 bridgehead atoms. The van der Waals surface area contributed by atoms with Crippen LogP contribution in [-0.2, 0) is 6.42 Å². The van der Waals surface area contributed by atoms with Crippen LogP contribution in [0.1, 0.15) is 62.0 Å². The summed E-state index contributed by atoms with van der Waals surface area (Å²) >= 11 is 0. The third-order valence-corrected chi connectivity index (χ3v) is 8.60. The molecule has 0 spiro atoms. The summed E-state index contributed by atoms with van der Waals surface area (Å²) in [5.74, 6) is 6.15. The Morgan fingerprint density at radius 1 is 0.792 bits per heavy atom. The molecule has 0 amide bonds. The Bertz CT molecular complexity index is 607. The third kappa shape index (κ3) is 2.09. The summed E-state index contributed by atoms with van der Waals surface area (Å²) in [7, 11) is 0.